The van der Waals surface area contributed by atoms with Gasteiger partial charge in [-0.3, -0.25) is 0 Å². The quantitative estimate of drug-likeness (QED) is 0.619. The lowest BCUT2D eigenvalue weighted by atomic mass is 9.71. The van der Waals surface area contributed by atoms with E-state index in [1.807, 2.05) is 0 Å². The van der Waals surface area contributed by atoms with Gasteiger partial charge in [0.15, 0.2) is 11.5 Å². The van der Waals surface area contributed by atoms with Crippen LogP contribution in [-0.2, 0) is 16.5 Å². The fourth-order valence-corrected chi connectivity index (χ4v) is 2.89. The molecule has 118 valence electrons. The molecule has 0 bridgehead atoms. The Kier molecular flexibility index (Phi) is 3.60. The Hall–Kier alpha value is -2.01. The average Bonchev–Trinajstić information content (AvgIpc) is 2.66. The Morgan fingerprint density at radius 3 is 2.32 bits per heavy atom. The smallest absolute Gasteiger partial charge is 0.420 e. The van der Waals surface area contributed by atoms with Crippen molar-refractivity contribution in [1.82, 2.24) is 0 Å². The number of alkyl halides is 3. The molecule has 1 aromatic rings. The van der Waals surface area contributed by atoms with Crippen molar-refractivity contribution in [1.29, 1.82) is 0 Å². The van der Waals surface area contributed by atoms with Crippen molar-refractivity contribution in [3.8, 4) is 11.5 Å². The molecule has 0 amide bonds. The maximum absolute atomic E-state index is 13.2. The van der Waals surface area contributed by atoms with E-state index in [2.05, 4.69) is 4.99 Å². The van der Waals surface area contributed by atoms with Crippen LogP contribution in [-0.4, -0.2) is 19.3 Å². The van der Waals surface area contributed by atoms with Gasteiger partial charge >= 0.3 is 6.18 Å². The van der Waals surface area contributed by atoms with Gasteiger partial charge in [0, 0.05) is 12.0 Å². The average molecular weight is 313 g/mol. The van der Waals surface area contributed by atoms with E-state index in [-0.39, 0.29) is 24.7 Å². The lowest BCUT2D eigenvalue weighted by Gasteiger charge is -2.38. The van der Waals surface area contributed by atoms with Crippen LogP contribution in [0.5, 0.6) is 11.5 Å². The predicted octanol–water partition coefficient (Wildman–Crippen LogP) is 3.58. The van der Waals surface area contributed by atoms with E-state index in [0.717, 1.165) is 12.5 Å². The van der Waals surface area contributed by atoms with E-state index >= 15 is 0 Å². The topological polar surface area (TPSA) is 47.9 Å². The number of fused-ring (bicyclic) bond motifs is 1. The summed E-state index contributed by atoms with van der Waals surface area (Å²) in [6.07, 6.45) is -0.480. The fraction of sp³-hybridized carbons (Fsp3) is 0.533. The third-order valence-electron chi connectivity index (χ3n) is 4.14. The summed E-state index contributed by atoms with van der Waals surface area (Å²) in [5.41, 5.74) is -1.21. The first-order chi connectivity index (χ1) is 10.5. The second-order valence-electron chi connectivity index (χ2n) is 5.46. The van der Waals surface area contributed by atoms with Gasteiger partial charge in [0.2, 0.25) is 6.08 Å². The number of isocyanates is 1. The van der Waals surface area contributed by atoms with Gasteiger partial charge in [0.1, 0.15) is 11.1 Å². The van der Waals surface area contributed by atoms with Crippen molar-refractivity contribution in [3.05, 3.63) is 23.3 Å². The van der Waals surface area contributed by atoms with Gasteiger partial charge in [-0.25, -0.2) is 4.79 Å². The molecule has 0 saturated heterocycles. The highest BCUT2D eigenvalue weighted by Gasteiger charge is 2.45. The maximum atomic E-state index is 13.2. The first-order valence-electron chi connectivity index (χ1n) is 7.07. The van der Waals surface area contributed by atoms with E-state index in [9.17, 15) is 18.0 Å². The number of ether oxygens (including phenoxy) is 2. The van der Waals surface area contributed by atoms with Gasteiger partial charge in [-0.2, -0.15) is 18.2 Å². The molecule has 1 aliphatic carbocycles. The summed E-state index contributed by atoms with van der Waals surface area (Å²) in [7, 11) is 0. The molecule has 7 heteroatoms. The fourth-order valence-electron chi connectivity index (χ4n) is 2.89. The lowest BCUT2D eigenvalue weighted by Crippen LogP contribution is -2.32. The Labute approximate surface area is 124 Å². The molecule has 22 heavy (non-hydrogen) atoms. The summed E-state index contributed by atoms with van der Waals surface area (Å²) in [5, 5.41) is 0. The lowest BCUT2D eigenvalue weighted by molar-refractivity contribution is -0.139. The van der Waals surface area contributed by atoms with Gasteiger partial charge in [0.05, 0.1) is 13.2 Å². The van der Waals surface area contributed by atoms with Crippen LogP contribution in [0.4, 0.5) is 13.2 Å². The molecular weight excluding hydrogens is 299 g/mol. The maximum Gasteiger partial charge on any atom is 0.420 e. The molecule has 0 aromatic heterocycles. The van der Waals surface area contributed by atoms with Crippen molar-refractivity contribution in [2.45, 2.75) is 37.4 Å². The van der Waals surface area contributed by atoms with Crippen molar-refractivity contribution in [2.24, 2.45) is 4.99 Å². The number of benzene rings is 1. The highest BCUT2D eigenvalue weighted by atomic mass is 19.4. The molecule has 1 saturated carbocycles. The molecular formula is C15H14F3NO3. The molecule has 1 aliphatic heterocycles. The van der Waals surface area contributed by atoms with Gasteiger partial charge in [0.25, 0.3) is 0 Å². The minimum atomic E-state index is -4.53. The van der Waals surface area contributed by atoms with Gasteiger partial charge in [-0.15, -0.1) is 0 Å². The second kappa shape index (κ2) is 5.32. The summed E-state index contributed by atoms with van der Waals surface area (Å²) >= 11 is 0. The zero-order valence-corrected chi connectivity index (χ0v) is 11.7. The van der Waals surface area contributed by atoms with Gasteiger partial charge in [-0.05, 0) is 25.3 Å². The van der Waals surface area contributed by atoms with Crippen LogP contribution >= 0.6 is 0 Å². The van der Waals surface area contributed by atoms with Crippen LogP contribution in [0.1, 0.15) is 36.8 Å². The minimum Gasteiger partial charge on any atom is -0.489 e. The van der Waals surface area contributed by atoms with Crippen LogP contribution < -0.4 is 9.47 Å². The summed E-state index contributed by atoms with van der Waals surface area (Å²) in [4.78, 5) is 14.5. The van der Waals surface area contributed by atoms with Gasteiger partial charge < -0.3 is 9.47 Å². The van der Waals surface area contributed by atoms with Gasteiger partial charge in [-0.1, -0.05) is 6.07 Å². The number of hydrogen-bond donors (Lipinski definition) is 0. The standard InChI is InChI=1S/C15H14F3NO3/c16-15(17,18)11-4-3-10(14(19-9-20)5-1-6-14)12-13(11)22-8-2-7-21-12/h3-4H,1-2,5-8H2. The Morgan fingerprint density at radius 2 is 1.77 bits per heavy atom. The largest absolute Gasteiger partial charge is 0.489 e. The number of halogens is 3. The third-order valence-corrected chi connectivity index (χ3v) is 4.14. The van der Waals surface area contributed by atoms with E-state index in [0.29, 0.717) is 24.8 Å². The van der Waals surface area contributed by atoms with Crippen molar-refractivity contribution in [2.75, 3.05) is 13.2 Å². The van der Waals surface area contributed by atoms with E-state index in [1.165, 1.54) is 12.1 Å². The highest BCUT2D eigenvalue weighted by molar-refractivity contribution is 5.57. The molecule has 1 fully saturated rings. The molecule has 0 N–H and O–H groups in total. The Morgan fingerprint density at radius 1 is 1.09 bits per heavy atom. The molecule has 1 heterocycles. The zero-order chi connectivity index (χ0) is 15.8. The number of aliphatic imine (C=N–C) groups is 1. The zero-order valence-electron chi connectivity index (χ0n) is 11.7. The van der Waals surface area contributed by atoms with Crippen LogP contribution in [0.3, 0.4) is 0 Å². The summed E-state index contributed by atoms with van der Waals surface area (Å²) in [6, 6.07) is 2.32. The molecule has 0 radical (unpaired) electrons. The van der Waals surface area contributed by atoms with Crippen LogP contribution in [0.25, 0.3) is 0 Å². The third kappa shape index (κ3) is 2.35. The number of nitrogens with zero attached hydrogens (tertiary/aromatic N) is 1. The number of hydrogen-bond acceptors (Lipinski definition) is 4. The molecule has 0 spiro atoms. The highest BCUT2D eigenvalue weighted by Crippen LogP contribution is 2.53. The second-order valence-corrected chi connectivity index (χ2v) is 5.46. The van der Waals surface area contributed by atoms with E-state index in [4.69, 9.17) is 9.47 Å². The van der Waals surface area contributed by atoms with E-state index < -0.39 is 17.3 Å². The van der Waals surface area contributed by atoms with Crippen LogP contribution in [0.2, 0.25) is 0 Å². The summed E-state index contributed by atoms with van der Waals surface area (Å²) in [5.74, 6) is -0.235. The Bertz CT molecular complexity index is 632. The molecule has 4 nitrogen and oxygen atoms in total. The molecule has 1 aromatic carbocycles. The van der Waals surface area contributed by atoms with Crippen LogP contribution in [0.15, 0.2) is 17.1 Å². The van der Waals surface area contributed by atoms with Crippen molar-refractivity contribution in [3.63, 3.8) is 0 Å². The monoisotopic (exact) mass is 313 g/mol. The molecule has 3 rings (SSSR count). The SMILES string of the molecule is O=C=NC1(c2ccc(C(F)(F)F)c3c2OCCCO3)CCC1. The summed E-state index contributed by atoms with van der Waals surface area (Å²) in [6.45, 7) is 0.422. The molecule has 0 unspecified atom stereocenters. The first kappa shape index (κ1) is 14.9. The molecule has 2 aliphatic rings. The predicted molar refractivity (Wildman–Crippen MR) is 70.7 cm³/mol. The van der Waals surface area contributed by atoms with E-state index in [1.54, 1.807) is 0 Å². The van der Waals surface area contributed by atoms with Crippen molar-refractivity contribution >= 4 is 6.08 Å². The number of carbonyl (C=O) groups excluding carboxylic acids is 1. The summed E-state index contributed by atoms with van der Waals surface area (Å²) < 4.78 is 50.3. The Balaban J connectivity index is 2.19. The normalized spacial score (nSPS) is 19.6. The molecule has 0 atom stereocenters. The van der Waals surface area contributed by atoms with Crippen LogP contribution in [0, 0.1) is 0 Å². The minimum absolute atomic E-state index is 0.0611. The first-order valence-corrected chi connectivity index (χ1v) is 7.07. The number of rotatable bonds is 2. The van der Waals surface area contributed by atoms with Crippen molar-refractivity contribution < 1.29 is 27.4 Å².